The lowest BCUT2D eigenvalue weighted by Crippen LogP contribution is -2.38. The molecule has 11 nitrogen and oxygen atoms in total. The molecule has 4 rings (SSSR count). The number of Topliss-reactive ketones (excluding diaryl/α,β-unsaturated/α-hetero) is 1. The second-order valence-corrected chi connectivity index (χ2v) is 9.36. The van der Waals surface area contributed by atoms with E-state index in [2.05, 4.69) is 9.97 Å². The SMILES string of the molecule is CC(=O)COC(=O)COc1ccc(Cl)c2cccnc12.CCOC(=O)C(Oc1ccc(Cl)c2cccnc12)C(=O)OCC. The Bertz CT molecular complexity index is 1600. The monoisotopic (exact) mass is 630 g/mol. The zero-order valence-corrected chi connectivity index (χ0v) is 25.0. The number of nitrogens with zero attached hydrogens (tertiary/aromatic N) is 2. The summed E-state index contributed by atoms with van der Waals surface area (Å²) >= 11 is 12.2. The van der Waals surface area contributed by atoms with E-state index >= 15 is 0 Å². The number of rotatable bonds is 11. The summed E-state index contributed by atoms with van der Waals surface area (Å²) in [5, 5.41) is 2.44. The minimum Gasteiger partial charge on any atom is -0.480 e. The molecular weight excluding hydrogens is 603 g/mol. The third-order valence-electron chi connectivity index (χ3n) is 5.39. The molecule has 2 heterocycles. The molecular formula is C30H28Cl2N2O9. The average molecular weight is 631 g/mol. The number of carbonyl (C=O) groups is 4. The van der Waals surface area contributed by atoms with Crippen LogP contribution >= 0.6 is 23.2 Å². The van der Waals surface area contributed by atoms with E-state index in [4.69, 9.17) is 46.9 Å². The molecule has 0 saturated heterocycles. The van der Waals surface area contributed by atoms with Gasteiger partial charge in [-0.05, 0) is 69.3 Å². The van der Waals surface area contributed by atoms with E-state index in [0.29, 0.717) is 32.2 Å². The van der Waals surface area contributed by atoms with Crippen molar-refractivity contribution >= 4 is 68.7 Å². The second kappa shape index (κ2) is 16.2. The summed E-state index contributed by atoms with van der Waals surface area (Å²) in [4.78, 5) is 54.4. The lowest BCUT2D eigenvalue weighted by atomic mass is 10.2. The predicted molar refractivity (Wildman–Crippen MR) is 158 cm³/mol. The zero-order chi connectivity index (χ0) is 31.4. The maximum Gasteiger partial charge on any atom is 0.359 e. The zero-order valence-electron chi connectivity index (χ0n) is 23.5. The molecule has 0 saturated carbocycles. The number of hydrogen-bond acceptors (Lipinski definition) is 11. The van der Waals surface area contributed by atoms with E-state index < -0.39 is 24.0 Å². The normalized spacial score (nSPS) is 10.5. The molecule has 2 aromatic heterocycles. The Balaban J connectivity index is 0.000000238. The number of ketones is 1. The lowest BCUT2D eigenvalue weighted by Gasteiger charge is -2.17. The number of esters is 3. The van der Waals surface area contributed by atoms with Gasteiger partial charge in [-0.15, -0.1) is 0 Å². The molecule has 0 atom stereocenters. The van der Waals surface area contributed by atoms with Gasteiger partial charge < -0.3 is 23.7 Å². The number of carbonyl (C=O) groups excluding carboxylic acids is 4. The van der Waals surface area contributed by atoms with Crippen molar-refractivity contribution in [3.63, 3.8) is 0 Å². The quantitative estimate of drug-likeness (QED) is 0.123. The standard InChI is InChI=1S/C16H16ClNO5.C14H12ClNO4/c1-3-21-15(19)14(16(20)22-4-2)23-12-8-7-11(17)10-6-5-9-18-13(10)12;1-9(17)7-20-13(18)8-19-12-5-4-11(15)10-3-2-6-16-14(10)12/h5-9,14H,3-4H2,1-2H3;2-6H,7-8H2,1H3. The Morgan fingerprint density at radius 3 is 1.74 bits per heavy atom. The Kier molecular flexibility index (Phi) is 12.5. The summed E-state index contributed by atoms with van der Waals surface area (Å²) in [6, 6.07) is 13.5. The maximum atomic E-state index is 12.0. The summed E-state index contributed by atoms with van der Waals surface area (Å²) in [5.41, 5.74) is 1.01. The largest absolute Gasteiger partial charge is 0.480 e. The lowest BCUT2D eigenvalue weighted by molar-refractivity contribution is -0.166. The van der Waals surface area contributed by atoms with E-state index in [0.717, 1.165) is 5.39 Å². The van der Waals surface area contributed by atoms with Gasteiger partial charge in [-0.25, -0.2) is 14.4 Å². The topological polar surface area (TPSA) is 140 Å². The average Bonchev–Trinajstić information content (AvgIpc) is 3.00. The number of fused-ring (bicyclic) bond motifs is 2. The highest BCUT2D eigenvalue weighted by Gasteiger charge is 2.32. The van der Waals surface area contributed by atoms with Crippen LogP contribution in [0.3, 0.4) is 0 Å². The fourth-order valence-corrected chi connectivity index (χ4v) is 3.98. The van der Waals surface area contributed by atoms with Crippen LogP contribution in [-0.4, -0.2) is 66.2 Å². The first-order valence-electron chi connectivity index (χ1n) is 13.0. The number of benzene rings is 2. The van der Waals surface area contributed by atoms with Gasteiger partial charge in [0.25, 0.3) is 6.10 Å². The van der Waals surface area contributed by atoms with Gasteiger partial charge in [0.05, 0.1) is 23.3 Å². The summed E-state index contributed by atoms with van der Waals surface area (Å²) in [5.74, 6) is -1.79. The molecule has 2 aromatic carbocycles. The van der Waals surface area contributed by atoms with Crippen LogP contribution in [0.5, 0.6) is 11.5 Å². The molecule has 0 aliphatic carbocycles. The van der Waals surface area contributed by atoms with Crippen molar-refractivity contribution in [1.29, 1.82) is 0 Å². The third kappa shape index (κ3) is 9.25. The number of halogens is 2. The van der Waals surface area contributed by atoms with E-state index in [9.17, 15) is 19.2 Å². The molecule has 0 N–H and O–H groups in total. The number of ether oxygens (including phenoxy) is 5. The van der Waals surface area contributed by atoms with E-state index in [-0.39, 0.29) is 38.0 Å². The fraction of sp³-hybridized carbons (Fsp3) is 0.267. The van der Waals surface area contributed by atoms with Crippen LogP contribution in [0.4, 0.5) is 0 Å². The molecule has 0 fully saturated rings. The highest BCUT2D eigenvalue weighted by Crippen LogP contribution is 2.31. The fourth-order valence-electron chi connectivity index (χ4n) is 3.55. The van der Waals surface area contributed by atoms with Crippen LogP contribution in [0, 0.1) is 0 Å². The first-order chi connectivity index (χ1) is 20.7. The maximum absolute atomic E-state index is 12.0. The molecule has 226 valence electrons. The van der Waals surface area contributed by atoms with Gasteiger partial charge in [-0.1, -0.05) is 23.2 Å². The predicted octanol–water partition coefficient (Wildman–Crippen LogP) is 5.16. The second-order valence-electron chi connectivity index (χ2n) is 8.54. The van der Waals surface area contributed by atoms with Crippen molar-refractivity contribution in [3.8, 4) is 11.5 Å². The van der Waals surface area contributed by atoms with E-state index in [1.807, 2.05) is 6.07 Å². The minimum atomic E-state index is -1.51. The van der Waals surface area contributed by atoms with Crippen LogP contribution in [0.25, 0.3) is 21.8 Å². The molecule has 0 aliphatic rings. The summed E-state index contributed by atoms with van der Waals surface area (Å²) in [7, 11) is 0. The molecule has 43 heavy (non-hydrogen) atoms. The third-order valence-corrected chi connectivity index (χ3v) is 6.05. The van der Waals surface area contributed by atoms with Crippen molar-refractivity contribution in [3.05, 3.63) is 71.0 Å². The van der Waals surface area contributed by atoms with Gasteiger partial charge in [0.1, 0.15) is 29.1 Å². The molecule has 0 amide bonds. The molecule has 13 heteroatoms. The van der Waals surface area contributed by atoms with E-state index in [1.165, 1.54) is 6.92 Å². The Morgan fingerprint density at radius 2 is 1.23 bits per heavy atom. The van der Waals surface area contributed by atoms with Crippen molar-refractivity contribution in [1.82, 2.24) is 9.97 Å². The van der Waals surface area contributed by atoms with Gasteiger partial charge in [-0.2, -0.15) is 0 Å². The summed E-state index contributed by atoms with van der Waals surface area (Å²) < 4.78 is 25.3. The van der Waals surface area contributed by atoms with Gasteiger partial charge >= 0.3 is 17.9 Å². The van der Waals surface area contributed by atoms with Crippen LogP contribution < -0.4 is 9.47 Å². The van der Waals surface area contributed by atoms with Crippen LogP contribution in [-0.2, 0) is 33.4 Å². The highest BCUT2D eigenvalue weighted by molar-refractivity contribution is 6.36. The Labute approximate surface area is 256 Å². The van der Waals surface area contributed by atoms with Gasteiger partial charge in [-0.3, -0.25) is 14.8 Å². The first-order valence-corrected chi connectivity index (χ1v) is 13.8. The molecule has 0 aliphatic heterocycles. The Morgan fingerprint density at radius 1 is 0.721 bits per heavy atom. The minimum absolute atomic E-state index is 0.123. The van der Waals surface area contributed by atoms with Crippen molar-refractivity contribution < 1.29 is 42.9 Å². The number of pyridine rings is 2. The number of aromatic nitrogens is 2. The molecule has 0 radical (unpaired) electrons. The van der Waals surface area contributed by atoms with Crippen molar-refractivity contribution in [2.24, 2.45) is 0 Å². The first kappa shape index (κ1) is 33.0. The van der Waals surface area contributed by atoms with Gasteiger partial charge in [0.2, 0.25) is 0 Å². The van der Waals surface area contributed by atoms with Crippen LogP contribution in [0.2, 0.25) is 10.0 Å². The smallest absolute Gasteiger partial charge is 0.359 e. The molecule has 4 aromatic rings. The van der Waals surface area contributed by atoms with Gasteiger partial charge in [0, 0.05) is 23.2 Å². The van der Waals surface area contributed by atoms with Crippen LogP contribution in [0.1, 0.15) is 20.8 Å². The number of hydrogen-bond donors (Lipinski definition) is 0. The van der Waals surface area contributed by atoms with E-state index in [1.54, 1.807) is 68.7 Å². The summed E-state index contributed by atoms with van der Waals surface area (Å²) in [6.07, 6.45) is 1.66. The van der Waals surface area contributed by atoms with Crippen molar-refractivity contribution in [2.75, 3.05) is 26.4 Å². The molecule has 0 unspecified atom stereocenters. The van der Waals surface area contributed by atoms with Crippen LogP contribution in [0.15, 0.2) is 60.9 Å². The molecule has 0 spiro atoms. The summed E-state index contributed by atoms with van der Waals surface area (Å²) in [6.45, 7) is 4.32. The Hall–Kier alpha value is -4.48. The molecule has 0 bridgehead atoms. The highest BCUT2D eigenvalue weighted by atomic mass is 35.5. The van der Waals surface area contributed by atoms with Crippen molar-refractivity contribution in [2.45, 2.75) is 26.9 Å². The van der Waals surface area contributed by atoms with Gasteiger partial charge in [0.15, 0.2) is 12.4 Å².